The summed E-state index contributed by atoms with van der Waals surface area (Å²) in [6.07, 6.45) is 5.98. The topological polar surface area (TPSA) is 68.5 Å². The lowest BCUT2D eigenvalue weighted by atomic mass is 9.97. The fourth-order valence-electron chi connectivity index (χ4n) is 3.54. The van der Waals surface area contributed by atoms with Crippen LogP contribution >= 0.6 is 0 Å². The maximum atomic E-state index is 12.1. The van der Waals surface area contributed by atoms with E-state index in [9.17, 15) is 4.79 Å². The molecule has 0 saturated carbocycles. The normalized spacial score (nSPS) is 28.5. The molecule has 2 unspecified atom stereocenters. The summed E-state index contributed by atoms with van der Waals surface area (Å²) < 4.78 is 5.14. The maximum Gasteiger partial charge on any atom is 0.341 e. The van der Waals surface area contributed by atoms with E-state index in [1.807, 2.05) is 6.92 Å². The van der Waals surface area contributed by atoms with Gasteiger partial charge in [-0.05, 0) is 44.7 Å². The van der Waals surface area contributed by atoms with Gasteiger partial charge in [-0.3, -0.25) is 0 Å². The molecule has 3 rings (SSSR count). The SMILES string of the molecule is CCOC(=O)c1cccnc1N1C2CCC1CC(N)C2. The second-order valence-electron chi connectivity index (χ2n) is 5.62. The van der Waals surface area contributed by atoms with E-state index in [0.29, 0.717) is 24.3 Å². The molecule has 2 saturated heterocycles. The van der Waals surface area contributed by atoms with Crippen molar-refractivity contribution in [2.45, 2.75) is 50.7 Å². The van der Waals surface area contributed by atoms with Gasteiger partial charge in [-0.25, -0.2) is 9.78 Å². The van der Waals surface area contributed by atoms with Crippen LogP contribution in [0.3, 0.4) is 0 Å². The molecule has 0 spiro atoms. The zero-order chi connectivity index (χ0) is 14.1. The van der Waals surface area contributed by atoms with Crippen molar-refractivity contribution in [3.63, 3.8) is 0 Å². The lowest BCUT2D eigenvalue weighted by molar-refractivity contribution is 0.0526. The minimum atomic E-state index is -0.287. The van der Waals surface area contributed by atoms with E-state index in [1.165, 1.54) is 0 Å². The van der Waals surface area contributed by atoms with Crippen LogP contribution in [0.4, 0.5) is 5.82 Å². The van der Waals surface area contributed by atoms with Crippen molar-refractivity contribution < 1.29 is 9.53 Å². The van der Waals surface area contributed by atoms with E-state index in [0.717, 1.165) is 31.5 Å². The van der Waals surface area contributed by atoms with E-state index in [4.69, 9.17) is 10.5 Å². The van der Waals surface area contributed by atoms with Crippen LogP contribution < -0.4 is 10.6 Å². The molecule has 0 amide bonds. The number of ether oxygens (including phenoxy) is 1. The number of nitrogens with zero attached hydrogens (tertiary/aromatic N) is 2. The maximum absolute atomic E-state index is 12.1. The molecule has 2 aliphatic heterocycles. The van der Waals surface area contributed by atoms with Gasteiger partial charge in [-0.15, -0.1) is 0 Å². The molecule has 108 valence electrons. The van der Waals surface area contributed by atoms with E-state index >= 15 is 0 Å². The van der Waals surface area contributed by atoms with Gasteiger partial charge in [-0.2, -0.15) is 0 Å². The second-order valence-corrected chi connectivity index (χ2v) is 5.62. The third-order valence-electron chi connectivity index (χ3n) is 4.30. The van der Waals surface area contributed by atoms with Crippen LogP contribution in [-0.4, -0.2) is 35.7 Å². The predicted molar refractivity (Wildman–Crippen MR) is 76.7 cm³/mol. The monoisotopic (exact) mass is 275 g/mol. The summed E-state index contributed by atoms with van der Waals surface area (Å²) in [5.74, 6) is 0.482. The number of esters is 1. The van der Waals surface area contributed by atoms with Crippen LogP contribution in [0.1, 0.15) is 43.0 Å². The third kappa shape index (κ3) is 2.26. The van der Waals surface area contributed by atoms with Crippen molar-refractivity contribution in [1.82, 2.24) is 4.98 Å². The zero-order valence-electron chi connectivity index (χ0n) is 11.8. The molecule has 5 nitrogen and oxygen atoms in total. The quantitative estimate of drug-likeness (QED) is 0.851. The highest BCUT2D eigenvalue weighted by molar-refractivity contribution is 5.95. The Balaban J connectivity index is 1.93. The minimum absolute atomic E-state index is 0.276. The predicted octanol–water partition coefficient (Wildman–Crippen LogP) is 1.72. The van der Waals surface area contributed by atoms with E-state index in [1.54, 1.807) is 18.3 Å². The highest BCUT2D eigenvalue weighted by Crippen LogP contribution is 2.39. The van der Waals surface area contributed by atoms with Gasteiger partial charge in [0, 0.05) is 24.3 Å². The van der Waals surface area contributed by atoms with Gasteiger partial charge in [0.2, 0.25) is 0 Å². The number of anilines is 1. The first-order valence-corrected chi connectivity index (χ1v) is 7.36. The lowest BCUT2D eigenvalue weighted by Crippen LogP contribution is -2.48. The number of fused-ring (bicyclic) bond motifs is 2. The molecule has 5 heteroatoms. The molecule has 2 bridgehead atoms. The first-order chi connectivity index (χ1) is 9.70. The molecule has 0 radical (unpaired) electrons. The first-order valence-electron chi connectivity index (χ1n) is 7.36. The van der Waals surface area contributed by atoms with Crippen LogP contribution in [0, 0.1) is 0 Å². The number of hydrogen-bond acceptors (Lipinski definition) is 5. The third-order valence-corrected chi connectivity index (χ3v) is 4.30. The Morgan fingerprint density at radius 2 is 2.15 bits per heavy atom. The lowest BCUT2D eigenvalue weighted by Gasteiger charge is -2.39. The fourth-order valence-corrected chi connectivity index (χ4v) is 3.54. The van der Waals surface area contributed by atoms with E-state index in [2.05, 4.69) is 9.88 Å². The van der Waals surface area contributed by atoms with Gasteiger partial charge in [-0.1, -0.05) is 0 Å². The van der Waals surface area contributed by atoms with Crippen molar-refractivity contribution in [2.24, 2.45) is 5.73 Å². The van der Waals surface area contributed by atoms with Crippen LogP contribution in [0.2, 0.25) is 0 Å². The molecule has 20 heavy (non-hydrogen) atoms. The van der Waals surface area contributed by atoms with Crippen molar-refractivity contribution in [2.75, 3.05) is 11.5 Å². The Morgan fingerprint density at radius 1 is 1.45 bits per heavy atom. The number of nitrogens with two attached hydrogens (primary N) is 1. The van der Waals surface area contributed by atoms with E-state index in [-0.39, 0.29) is 12.0 Å². The largest absolute Gasteiger partial charge is 0.462 e. The summed E-state index contributed by atoms with van der Waals surface area (Å²) in [5, 5.41) is 0. The highest BCUT2D eigenvalue weighted by atomic mass is 16.5. The molecular formula is C15H21N3O2. The van der Waals surface area contributed by atoms with Gasteiger partial charge in [0.05, 0.1) is 6.61 Å². The Hall–Kier alpha value is -1.62. The Bertz CT molecular complexity index is 492. The summed E-state index contributed by atoms with van der Waals surface area (Å²) in [6.45, 7) is 2.20. The number of pyridine rings is 1. The zero-order valence-corrected chi connectivity index (χ0v) is 11.8. The van der Waals surface area contributed by atoms with Gasteiger partial charge in [0.25, 0.3) is 0 Å². The number of rotatable bonds is 3. The number of aromatic nitrogens is 1. The van der Waals surface area contributed by atoms with Crippen molar-refractivity contribution in [3.05, 3.63) is 23.9 Å². The molecule has 3 heterocycles. The Labute approximate surface area is 119 Å². The number of hydrogen-bond donors (Lipinski definition) is 1. The van der Waals surface area contributed by atoms with Crippen molar-refractivity contribution in [3.8, 4) is 0 Å². The molecule has 2 fully saturated rings. The molecule has 1 aromatic rings. The molecule has 0 aliphatic carbocycles. The smallest absolute Gasteiger partial charge is 0.341 e. The number of piperidine rings is 1. The Morgan fingerprint density at radius 3 is 2.80 bits per heavy atom. The summed E-state index contributed by atoms with van der Waals surface area (Å²) in [7, 11) is 0. The summed E-state index contributed by atoms with van der Waals surface area (Å²) in [6, 6.07) is 4.68. The molecular weight excluding hydrogens is 254 g/mol. The van der Waals surface area contributed by atoms with Crippen molar-refractivity contribution >= 4 is 11.8 Å². The molecule has 2 atom stereocenters. The second kappa shape index (κ2) is 5.40. The van der Waals surface area contributed by atoms with E-state index < -0.39 is 0 Å². The molecule has 1 aromatic heterocycles. The first kappa shape index (κ1) is 13.4. The van der Waals surface area contributed by atoms with Crippen LogP contribution in [0.5, 0.6) is 0 Å². The minimum Gasteiger partial charge on any atom is -0.462 e. The highest BCUT2D eigenvalue weighted by Gasteiger charge is 2.41. The fraction of sp³-hybridized carbons (Fsp3) is 0.600. The summed E-state index contributed by atoms with van der Waals surface area (Å²) in [5.41, 5.74) is 6.67. The number of carbonyl (C=O) groups is 1. The molecule has 2 aliphatic rings. The van der Waals surface area contributed by atoms with Crippen LogP contribution in [0.25, 0.3) is 0 Å². The average molecular weight is 275 g/mol. The summed E-state index contributed by atoms with van der Waals surface area (Å²) >= 11 is 0. The van der Waals surface area contributed by atoms with Gasteiger partial charge in [0.1, 0.15) is 11.4 Å². The summed E-state index contributed by atoms with van der Waals surface area (Å²) in [4.78, 5) is 18.8. The van der Waals surface area contributed by atoms with Gasteiger partial charge < -0.3 is 15.4 Å². The standard InChI is InChI=1S/C15H21N3O2/c1-2-20-15(19)13-4-3-7-17-14(13)18-11-5-6-12(18)9-10(16)8-11/h3-4,7,10-12H,2,5-6,8-9,16H2,1H3. The Kier molecular flexibility index (Phi) is 3.61. The molecule has 2 N–H and O–H groups in total. The van der Waals surface area contributed by atoms with Crippen molar-refractivity contribution in [1.29, 1.82) is 0 Å². The van der Waals surface area contributed by atoms with Gasteiger partial charge in [0.15, 0.2) is 0 Å². The van der Waals surface area contributed by atoms with Crippen LogP contribution in [-0.2, 0) is 4.74 Å². The van der Waals surface area contributed by atoms with Gasteiger partial charge >= 0.3 is 5.97 Å². The molecule has 0 aromatic carbocycles. The number of carbonyl (C=O) groups excluding carboxylic acids is 1. The van der Waals surface area contributed by atoms with Crippen LogP contribution in [0.15, 0.2) is 18.3 Å². The average Bonchev–Trinajstić information content (AvgIpc) is 2.71.